The number of nitrogens with one attached hydrogen (secondary N) is 3. The molecule has 0 unspecified atom stereocenters. The first-order valence-electron chi connectivity index (χ1n) is 16.3. The molecule has 2 aliphatic heterocycles. The van der Waals surface area contributed by atoms with Crippen molar-refractivity contribution in [3.63, 3.8) is 0 Å². The van der Waals surface area contributed by atoms with Crippen molar-refractivity contribution in [3.05, 3.63) is 54.1 Å². The van der Waals surface area contributed by atoms with Gasteiger partial charge in [-0.3, -0.25) is 19.1 Å². The summed E-state index contributed by atoms with van der Waals surface area (Å²) in [7, 11) is -2.17. The molecule has 47 heavy (non-hydrogen) atoms. The molecule has 5 rings (SSSR count). The van der Waals surface area contributed by atoms with Gasteiger partial charge in [-0.2, -0.15) is 0 Å². The molecule has 0 spiro atoms. The first kappa shape index (κ1) is 34.6. The fourth-order valence-corrected chi connectivity index (χ4v) is 7.61. The van der Waals surface area contributed by atoms with E-state index in [4.69, 9.17) is 4.74 Å². The van der Waals surface area contributed by atoms with Crippen LogP contribution in [0, 0.1) is 11.3 Å². The van der Waals surface area contributed by atoms with Gasteiger partial charge in [-0.05, 0) is 54.7 Å². The molecule has 4 bridgehead atoms. The number of amides is 5. The number of sulfonamides is 1. The standard InChI is InChI=1S/C34H47N5O7S/c1-6-24-19-34(24,31(42)37-47(44,45)26-14-15-26)36-29(40)27-18-25-20-39(27)30(41)28(33(2,3)4)35-32(43)38(5)16-9-7-8-11-22-12-10-13-23(17-22)21-46-25/h6,8,10-13,17,24-28H,1,7,9,14-16,18-21H2,2-5H3,(H,35,43)(H,36,40)(H,37,42)/b11-8+/t24-,25-,27+,28-,34-/m1/s1. The van der Waals surface area contributed by atoms with E-state index in [0.717, 1.165) is 24.0 Å². The Balaban J connectivity index is 1.43. The average molecular weight is 670 g/mol. The summed E-state index contributed by atoms with van der Waals surface area (Å²) < 4.78 is 33.6. The van der Waals surface area contributed by atoms with Crippen LogP contribution < -0.4 is 15.4 Å². The largest absolute Gasteiger partial charge is 0.372 e. The molecule has 5 atom stereocenters. The number of allylic oxidation sites excluding steroid dienone is 1. The third-order valence-corrected chi connectivity index (χ3v) is 11.3. The Labute approximate surface area is 277 Å². The van der Waals surface area contributed by atoms with Crippen molar-refractivity contribution in [2.24, 2.45) is 11.3 Å². The summed E-state index contributed by atoms with van der Waals surface area (Å²) in [6.45, 7) is 10.1. The Morgan fingerprint density at radius 3 is 2.60 bits per heavy atom. The number of carbonyl (C=O) groups excluding carboxylic acids is 4. The van der Waals surface area contributed by atoms with Gasteiger partial charge in [0.05, 0.1) is 18.0 Å². The van der Waals surface area contributed by atoms with E-state index in [2.05, 4.69) is 28.0 Å². The van der Waals surface area contributed by atoms with Gasteiger partial charge in [-0.15, -0.1) is 6.58 Å². The predicted octanol–water partition coefficient (Wildman–Crippen LogP) is 2.71. The van der Waals surface area contributed by atoms with Crippen LogP contribution in [-0.2, 0) is 35.8 Å². The molecule has 2 saturated carbocycles. The zero-order chi connectivity index (χ0) is 34.1. The zero-order valence-corrected chi connectivity index (χ0v) is 28.5. The van der Waals surface area contributed by atoms with Crippen LogP contribution in [0.4, 0.5) is 4.79 Å². The predicted molar refractivity (Wildman–Crippen MR) is 177 cm³/mol. The smallest absolute Gasteiger partial charge is 0.317 e. The fraction of sp³-hybridized carbons (Fsp3) is 0.588. The maximum atomic E-state index is 14.3. The highest BCUT2D eigenvalue weighted by Gasteiger charge is 2.62. The summed E-state index contributed by atoms with van der Waals surface area (Å²) in [5, 5.41) is 5.10. The van der Waals surface area contributed by atoms with E-state index in [1.54, 1.807) is 11.9 Å². The molecule has 0 aromatic heterocycles. The van der Waals surface area contributed by atoms with Crippen LogP contribution in [0.5, 0.6) is 0 Å². The minimum absolute atomic E-state index is 0.0922. The number of nitrogens with zero attached hydrogens (tertiary/aromatic N) is 2. The van der Waals surface area contributed by atoms with Gasteiger partial charge in [0.15, 0.2) is 0 Å². The van der Waals surface area contributed by atoms with Crippen molar-refractivity contribution in [2.45, 2.75) is 94.9 Å². The molecule has 5 amide bonds. The topological polar surface area (TPSA) is 154 Å². The lowest BCUT2D eigenvalue weighted by Gasteiger charge is -2.36. The minimum Gasteiger partial charge on any atom is -0.372 e. The van der Waals surface area contributed by atoms with Crippen molar-refractivity contribution in [1.29, 1.82) is 0 Å². The molecule has 4 aliphatic rings. The number of benzene rings is 1. The highest BCUT2D eigenvalue weighted by molar-refractivity contribution is 7.91. The number of urea groups is 1. The van der Waals surface area contributed by atoms with Crippen LogP contribution in [0.25, 0.3) is 6.08 Å². The highest BCUT2D eigenvalue weighted by Crippen LogP contribution is 2.45. The lowest BCUT2D eigenvalue weighted by Crippen LogP contribution is -2.61. The van der Waals surface area contributed by atoms with Crippen LogP contribution in [0.3, 0.4) is 0 Å². The Bertz CT molecular complexity index is 1550. The second-order valence-corrected chi connectivity index (χ2v) is 16.3. The Morgan fingerprint density at radius 1 is 1.19 bits per heavy atom. The third kappa shape index (κ3) is 7.89. The molecule has 256 valence electrons. The molecule has 2 heterocycles. The summed E-state index contributed by atoms with van der Waals surface area (Å²) in [5.74, 6) is -2.32. The highest BCUT2D eigenvalue weighted by atomic mass is 32.2. The van der Waals surface area contributed by atoms with Gasteiger partial charge in [0, 0.05) is 32.5 Å². The second-order valence-electron chi connectivity index (χ2n) is 14.3. The molecular formula is C34H47N5O7S. The summed E-state index contributed by atoms with van der Waals surface area (Å²) in [6.07, 6.45) is 7.92. The molecule has 1 aromatic rings. The summed E-state index contributed by atoms with van der Waals surface area (Å²) in [6, 6.07) is 5.53. The SMILES string of the molecule is C=C[C@@H]1C[C@]1(NC(=O)[C@@H]1C[C@@H]2CN1C(=O)[C@H](C(C)(C)C)NC(=O)N(C)CCC/C=C/c1cccc(c1)CO2)C(=O)NS(=O)(=O)C1CC1. The van der Waals surface area contributed by atoms with E-state index in [1.807, 2.05) is 51.1 Å². The van der Waals surface area contributed by atoms with E-state index in [0.29, 0.717) is 19.4 Å². The van der Waals surface area contributed by atoms with Crippen molar-refractivity contribution in [1.82, 2.24) is 25.2 Å². The molecule has 3 fully saturated rings. The van der Waals surface area contributed by atoms with Crippen molar-refractivity contribution in [2.75, 3.05) is 20.1 Å². The Morgan fingerprint density at radius 2 is 1.94 bits per heavy atom. The summed E-state index contributed by atoms with van der Waals surface area (Å²) >= 11 is 0. The average Bonchev–Trinajstić information content (AvgIpc) is 3.94. The van der Waals surface area contributed by atoms with E-state index in [9.17, 15) is 27.6 Å². The van der Waals surface area contributed by atoms with Gasteiger partial charge in [-0.25, -0.2) is 13.2 Å². The number of carbonyl (C=O) groups is 4. The van der Waals surface area contributed by atoms with Gasteiger partial charge in [-0.1, -0.05) is 57.2 Å². The maximum absolute atomic E-state index is 14.3. The third-order valence-electron chi connectivity index (χ3n) is 9.44. The van der Waals surface area contributed by atoms with E-state index < -0.39 is 74.1 Å². The van der Waals surface area contributed by atoms with Crippen LogP contribution in [0.2, 0.25) is 0 Å². The molecule has 0 radical (unpaired) electrons. The quantitative estimate of drug-likeness (QED) is 0.394. The molecule has 12 nitrogen and oxygen atoms in total. The van der Waals surface area contributed by atoms with Crippen LogP contribution >= 0.6 is 0 Å². The van der Waals surface area contributed by atoms with Crippen LogP contribution in [-0.4, -0.2) is 91.1 Å². The van der Waals surface area contributed by atoms with Crippen molar-refractivity contribution in [3.8, 4) is 0 Å². The summed E-state index contributed by atoms with van der Waals surface area (Å²) in [5.41, 5.74) is -0.242. The minimum atomic E-state index is -3.85. The van der Waals surface area contributed by atoms with Crippen LogP contribution in [0.1, 0.15) is 70.4 Å². The van der Waals surface area contributed by atoms with Gasteiger partial charge < -0.3 is 25.2 Å². The van der Waals surface area contributed by atoms with Crippen LogP contribution in [0.15, 0.2) is 43.0 Å². The number of hydrogen-bond acceptors (Lipinski definition) is 7. The molecule has 2 aliphatic carbocycles. The normalized spacial score (nSPS) is 29.6. The molecular weight excluding hydrogens is 622 g/mol. The zero-order valence-electron chi connectivity index (χ0n) is 27.7. The Kier molecular flexibility index (Phi) is 9.89. The number of rotatable bonds is 6. The molecule has 3 N–H and O–H groups in total. The lowest BCUT2D eigenvalue weighted by atomic mass is 9.85. The fourth-order valence-electron chi connectivity index (χ4n) is 6.25. The molecule has 1 aromatic carbocycles. The van der Waals surface area contributed by atoms with Gasteiger partial charge >= 0.3 is 6.03 Å². The monoisotopic (exact) mass is 669 g/mol. The first-order chi connectivity index (χ1) is 22.1. The van der Waals surface area contributed by atoms with Gasteiger partial charge in [0.1, 0.15) is 17.6 Å². The second kappa shape index (κ2) is 13.4. The first-order valence-corrected chi connectivity index (χ1v) is 17.9. The Hall–Kier alpha value is -3.71. The summed E-state index contributed by atoms with van der Waals surface area (Å²) in [4.78, 5) is 58.0. The number of ether oxygens (including phenoxy) is 1. The maximum Gasteiger partial charge on any atom is 0.317 e. The van der Waals surface area contributed by atoms with Crippen molar-refractivity contribution >= 4 is 39.9 Å². The molecule has 13 heteroatoms. The molecule has 1 saturated heterocycles. The number of hydrogen-bond donors (Lipinski definition) is 3. The number of fused-ring (bicyclic) bond motifs is 4. The van der Waals surface area contributed by atoms with Gasteiger partial charge in [0.25, 0.3) is 5.91 Å². The van der Waals surface area contributed by atoms with E-state index >= 15 is 0 Å². The van der Waals surface area contributed by atoms with Gasteiger partial charge in [0.2, 0.25) is 21.8 Å². The van der Waals surface area contributed by atoms with E-state index in [-0.39, 0.29) is 26.0 Å². The lowest BCUT2D eigenvalue weighted by molar-refractivity contribution is -0.142. The van der Waals surface area contributed by atoms with Crippen molar-refractivity contribution < 1.29 is 32.3 Å². The van der Waals surface area contributed by atoms with E-state index in [1.165, 1.54) is 11.0 Å².